The van der Waals surface area contributed by atoms with E-state index in [1.165, 1.54) is 9.59 Å². The lowest BCUT2D eigenvalue weighted by molar-refractivity contribution is 0.454. The molecule has 0 radical (unpaired) electrons. The lowest BCUT2D eigenvalue weighted by Gasteiger charge is -2.16. The largest absolute Gasteiger partial charge is 0.505 e. The standard InChI is InChI=1S/C29H26N6O2/c1-17-14-20(28(36)26(15-17)34-30-22-8-4-5-9-23(22)31-34)12-13-21-16-18(2)19(3)27(29(21)37)35-32-24-10-6-7-11-25(24)33-35/h4-11,14-16,36-37H,12-13H2,1-3H3. The summed E-state index contributed by atoms with van der Waals surface area (Å²) in [5.41, 5.74) is 8.63. The Morgan fingerprint density at radius 3 is 1.65 bits per heavy atom. The molecule has 8 heteroatoms. The van der Waals surface area contributed by atoms with Crippen molar-refractivity contribution in [3.8, 4) is 22.9 Å². The fraction of sp³-hybridized carbons (Fsp3) is 0.172. The lowest BCUT2D eigenvalue weighted by Crippen LogP contribution is -2.06. The number of hydrogen-bond acceptors (Lipinski definition) is 6. The number of phenolic OH excluding ortho intramolecular Hbond substituents is 2. The third-order valence-electron chi connectivity index (χ3n) is 6.83. The summed E-state index contributed by atoms with van der Waals surface area (Å²) in [5, 5.41) is 40.7. The number of aromatic hydroxyl groups is 2. The predicted molar refractivity (Wildman–Crippen MR) is 143 cm³/mol. The van der Waals surface area contributed by atoms with E-state index >= 15 is 0 Å². The van der Waals surface area contributed by atoms with Gasteiger partial charge in [-0.25, -0.2) is 0 Å². The molecule has 184 valence electrons. The van der Waals surface area contributed by atoms with Gasteiger partial charge in [0.05, 0.1) is 0 Å². The van der Waals surface area contributed by atoms with Crippen molar-refractivity contribution >= 4 is 22.1 Å². The highest BCUT2D eigenvalue weighted by atomic mass is 16.3. The summed E-state index contributed by atoms with van der Waals surface area (Å²) in [4.78, 5) is 3.00. The second-order valence-electron chi connectivity index (χ2n) is 9.42. The quantitative estimate of drug-likeness (QED) is 0.341. The van der Waals surface area contributed by atoms with Gasteiger partial charge in [0.25, 0.3) is 0 Å². The Morgan fingerprint density at radius 2 is 1.11 bits per heavy atom. The topological polar surface area (TPSA) is 102 Å². The van der Waals surface area contributed by atoms with Crippen LogP contribution in [-0.2, 0) is 12.8 Å². The third kappa shape index (κ3) is 3.96. The molecule has 0 unspecified atom stereocenters. The fourth-order valence-corrected chi connectivity index (χ4v) is 4.76. The van der Waals surface area contributed by atoms with E-state index in [1.54, 1.807) is 0 Å². The molecule has 0 spiro atoms. The van der Waals surface area contributed by atoms with Crippen molar-refractivity contribution in [2.75, 3.05) is 0 Å². The average Bonchev–Trinajstić information content (AvgIpc) is 3.51. The minimum Gasteiger partial charge on any atom is -0.505 e. The molecule has 6 aromatic rings. The molecule has 2 heterocycles. The SMILES string of the molecule is Cc1cc(CCc2cc(C)c(C)c(-n3nc4ccccc4n3)c2O)c(O)c(-n2nc3ccccc3n2)c1. The van der Waals surface area contributed by atoms with E-state index in [-0.39, 0.29) is 11.5 Å². The van der Waals surface area contributed by atoms with Crippen LogP contribution in [0.15, 0.2) is 66.7 Å². The normalized spacial score (nSPS) is 11.5. The third-order valence-corrected chi connectivity index (χ3v) is 6.83. The summed E-state index contributed by atoms with van der Waals surface area (Å²) < 4.78 is 0. The number of hydrogen-bond donors (Lipinski definition) is 2. The molecule has 0 aliphatic heterocycles. The van der Waals surface area contributed by atoms with E-state index in [9.17, 15) is 10.2 Å². The van der Waals surface area contributed by atoms with E-state index in [1.807, 2.05) is 87.5 Å². The maximum Gasteiger partial charge on any atom is 0.146 e. The molecule has 0 aliphatic carbocycles. The van der Waals surface area contributed by atoms with Crippen molar-refractivity contribution in [3.63, 3.8) is 0 Å². The van der Waals surface area contributed by atoms with Crippen LogP contribution in [0.5, 0.6) is 11.5 Å². The molecular weight excluding hydrogens is 464 g/mol. The van der Waals surface area contributed by atoms with Gasteiger partial charge < -0.3 is 10.2 Å². The molecule has 0 saturated heterocycles. The highest BCUT2D eigenvalue weighted by Crippen LogP contribution is 2.34. The summed E-state index contributed by atoms with van der Waals surface area (Å²) >= 11 is 0. The molecular formula is C29H26N6O2. The number of fused-ring (bicyclic) bond motifs is 2. The molecule has 37 heavy (non-hydrogen) atoms. The van der Waals surface area contributed by atoms with Gasteiger partial charge in [-0.2, -0.15) is 0 Å². The van der Waals surface area contributed by atoms with Crippen LogP contribution in [0.3, 0.4) is 0 Å². The zero-order valence-electron chi connectivity index (χ0n) is 20.8. The molecule has 0 amide bonds. The highest BCUT2D eigenvalue weighted by molar-refractivity contribution is 5.75. The van der Waals surface area contributed by atoms with E-state index < -0.39 is 0 Å². The van der Waals surface area contributed by atoms with Crippen molar-refractivity contribution in [3.05, 3.63) is 94.5 Å². The van der Waals surface area contributed by atoms with Gasteiger partial charge in [-0.1, -0.05) is 36.4 Å². The van der Waals surface area contributed by atoms with Crippen LogP contribution in [-0.4, -0.2) is 40.2 Å². The van der Waals surface area contributed by atoms with Crippen molar-refractivity contribution in [1.82, 2.24) is 30.0 Å². The summed E-state index contributed by atoms with van der Waals surface area (Å²) in [6.45, 7) is 5.96. The second-order valence-corrected chi connectivity index (χ2v) is 9.42. The van der Waals surface area contributed by atoms with Crippen LogP contribution >= 0.6 is 0 Å². The molecule has 4 aromatic carbocycles. The van der Waals surface area contributed by atoms with Gasteiger partial charge in [-0.15, -0.1) is 30.0 Å². The minimum atomic E-state index is 0.134. The minimum absolute atomic E-state index is 0.134. The van der Waals surface area contributed by atoms with Gasteiger partial charge >= 0.3 is 0 Å². The maximum absolute atomic E-state index is 11.3. The second kappa shape index (κ2) is 8.74. The van der Waals surface area contributed by atoms with Gasteiger partial charge in [-0.3, -0.25) is 0 Å². The smallest absolute Gasteiger partial charge is 0.146 e. The molecule has 2 N–H and O–H groups in total. The highest BCUT2D eigenvalue weighted by Gasteiger charge is 2.19. The lowest BCUT2D eigenvalue weighted by atomic mass is 9.96. The molecule has 0 fully saturated rings. The van der Waals surface area contributed by atoms with Gasteiger partial charge in [0.2, 0.25) is 0 Å². The van der Waals surface area contributed by atoms with Crippen molar-refractivity contribution < 1.29 is 10.2 Å². The van der Waals surface area contributed by atoms with E-state index in [2.05, 4.69) is 20.4 Å². The molecule has 2 aromatic heterocycles. The predicted octanol–water partition coefficient (Wildman–Crippen LogP) is 5.28. The van der Waals surface area contributed by atoms with Crippen molar-refractivity contribution in [2.24, 2.45) is 0 Å². The van der Waals surface area contributed by atoms with Crippen LogP contribution in [0, 0.1) is 20.8 Å². The van der Waals surface area contributed by atoms with Crippen LogP contribution in [0.4, 0.5) is 0 Å². The first-order valence-electron chi connectivity index (χ1n) is 12.2. The van der Waals surface area contributed by atoms with Crippen LogP contribution < -0.4 is 0 Å². The van der Waals surface area contributed by atoms with E-state index in [0.717, 1.165) is 49.9 Å². The zero-order chi connectivity index (χ0) is 25.7. The van der Waals surface area contributed by atoms with E-state index in [4.69, 9.17) is 0 Å². The number of aryl methyl sites for hydroxylation is 4. The summed E-state index contributed by atoms with van der Waals surface area (Å²) in [6.07, 6.45) is 1.04. The van der Waals surface area contributed by atoms with Crippen LogP contribution in [0.2, 0.25) is 0 Å². The molecule has 6 rings (SSSR count). The van der Waals surface area contributed by atoms with Gasteiger partial charge in [0, 0.05) is 0 Å². The summed E-state index contributed by atoms with van der Waals surface area (Å²) in [6, 6.07) is 21.1. The number of rotatable bonds is 5. The Balaban J connectivity index is 1.36. The Morgan fingerprint density at radius 1 is 0.622 bits per heavy atom. The molecule has 8 nitrogen and oxygen atoms in total. The Kier molecular flexibility index (Phi) is 5.37. The van der Waals surface area contributed by atoms with Crippen LogP contribution in [0.25, 0.3) is 33.4 Å². The molecule has 0 saturated carbocycles. The van der Waals surface area contributed by atoms with Gasteiger partial charge in [-0.05, 0) is 91.8 Å². The molecule has 0 atom stereocenters. The Hall–Kier alpha value is -4.72. The first-order valence-corrected chi connectivity index (χ1v) is 12.2. The van der Waals surface area contributed by atoms with Crippen molar-refractivity contribution in [2.45, 2.75) is 33.6 Å². The Bertz CT molecular complexity index is 1730. The molecule has 0 bridgehead atoms. The summed E-state index contributed by atoms with van der Waals surface area (Å²) in [7, 11) is 0. The monoisotopic (exact) mass is 490 g/mol. The maximum atomic E-state index is 11.3. The fourth-order valence-electron chi connectivity index (χ4n) is 4.76. The molecule has 0 aliphatic rings. The average molecular weight is 491 g/mol. The first-order chi connectivity index (χ1) is 17.9. The number of phenols is 2. The van der Waals surface area contributed by atoms with Gasteiger partial charge in [0.1, 0.15) is 44.9 Å². The van der Waals surface area contributed by atoms with Gasteiger partial charge in [0.15, 0.2) is 0 Å². The Labute approximate surface area is 213 Å². The number of nitrogens with zero attached hydrogens (tertiary/aromatic N) is 6. The first kappa shape index (κ1) is 22.7. The number of aromatic nitrogens is 6. The van der Waals surface area contributed by atoms with Crippen LogP contribution in [0.1, 0.15) is 27.8 Å². The zero-order valence-corrected chi connectivity index (χ0v) is 20.8. The van der Waals surface area contributed by atoms with Crippen molar-refractivity contribution in [1.29, 1.82) is 0 Å². The van der Waals surface area contributed by atoms with E-state index in [0.29, 0.717) is 24.2 Å². The number of benzene rings is 4. The summed E-state index contributed by atoms with van der Waals surface area (Å²) in [5.74, 6) is 0.283.